The van der Waals surface area contributed by atoms with Gasteiger partial charge in [-0.1, -0.05) is 5.92 Å². The molecule has 0 aliphatic rings. The Hall–Kier alpha value is -1.55. The van der Waals surface area contributed by atoms with E-state index in [1.165, 1.54) is 32.4 Å². The molecule has 0 heterocycles. The fourth-order valence-corrected chi connectivity index (χ4v) is 2.57. The van der Waals surface area contributed by atoms with Gasteiger partial charge in [-0.25, -0.2) is 8.42 Å². The summed E-state index contributed by atoms with van der Waals surface area (Å²) in [7, 11) is -0.782. The summed E-state index contributed by atoms with van der Waals surface area (Å²) < 4.78 is 30.3. The van der Waals surface area contributed by atoms with Crippen molar-refractivity contribution in [2.45, 2.75) is 11.5 Å². The highest BCUT2D eigenvalue weighted by Gasteiger charge is 2.21. The van der Waals surface area contributed by atoms with E-state index in [1.54, 1.807) is 0 Å². The van der Waals surface area contributed by atoms with E-state index >= 15 is 0 Å². The molecule has 0 bridgehead atoms. The lowest BCUT2D eigenvalue weighted by molar-refractivity contribution is 0.273. The molecule has 0 saturated carbocycles. The summed E-state index contributed by atoms with van der Waals surface area (Å²) >= 11 is 0. The molecule has 0 aliphatic heterocycles. The fourth-order valence-electron chi connectivity index (χ4n) is 1.43. The highest BCUT2D eigenvalue weighted by atomic mass is 32.2. The van der Waals surface area contributed by atoms with Gasteiger partial charge in [0.25, 0.3) is 0 Å². The van der Waals surface area contributed by atoms with Crippen LogP contribution >= 0.6 is 0 Å². The van der Waals surface area contributed by atoms with Crippen LogP contribution in [0.25, 0.3) is 0 Å². The number of rotatable bonds is 5. The maximum absolute atomic E-state index is 12.1. The summed E-state index contributed by atoms with van der Waals surface area (Å²) in [6.07, 6.45) is 5.09. The molecule has 1 rings (SSSR count). The average Bonchev–Trinajstić information content (AvgIpc) is 2.38. The van der Waals surface area contributed by atoms with Crippen molar-refractivity contribution >= 4 is 10.0 Å². The first-order valence-electron chi connectivity index (χ1n) is 5.15. The predicted molar refractivity (Wildman–Crippen MR) is 67.6 cm³/mol. The van der Waals surface area contributed by atoms with E-state index < -0.39 is 10.0 Å². The van der Waals surface area contributed by atoms with Gasteiger partial charge in [0, 0.05) is 12.6 Å². The Morgan fingerprint density at radius 2 is 2.17 bits per heavy atom. The molecule has 1 N–H and O–H groups in total. The molecule has 0 aliphatic carbocycles. The monoisotopic (exact) mass is 269 g/mol. The summed E-state index contributed by atoms with van der Waals surface area (Å²) in [5.74, 6) is 2.71. The molecule has 0 atom stereocenters. The van der Waals surface area contributed by atoms with Crippen LogP contribution in [0.2, 0.25) is 0 Å². The maximum atomic E-state index is 12.1. The lowest BCUT2D eigenvalue weighted by atomic mass is 10.2. The highest BCUT2D eigenvalue weighted by molar-refractivity contribution is 7.89. The SMILES string of the molecule is C#CCN(C)S(=O)(=O)c1ccc(OC)c(CO)c1. The molecule has 0 unspecified atom stereocenters. The van der Waals surface area contributed by atoms with Gasteiger partial charge >= 0.3 is 0 Å². The number of terminal acetylenes is 1. The molecule has 0 aromatic heterocycles. The van der Waals surface area contributed by atoms with Crippen LogP contribution < -0.4 is 4.74 Å². The molecule has 1 aromatic rings. The van der Waals surface area contributed by atoms with Crippen LogP contribution in [0, 0.1) is 12.3 Å². The van der Waals surface area contributed by atoms with Crippen LogP contribution in [0.1, 0.15) is 5.56 Å². The summed E-state index contributed by atoms with van der Waals surface area (Å²) in [6.45, 7) is -0.311. The van der Waals surface area contributed by atoms with E-state index in [-0.39, 0.29) is 18.0 Å². The molecular formula is C12H15NO4S. The van der Waals surface area contributed by atoms with Crippen LogP contribution in [0.4, 0.5) is 0 Å². The number of methoxy groups -OCH3 is 1. The number of benzene rings is 1. The lowest BCUT2D eigenvalue weighted by Gasteiger charge is -2.15. The number of hydrogen-bond acceptors (Lipinski definition) is 4. The van der Waals surface area contributed by atoms with E-state index in [1.807, 2.05) is 0 Å². The molecule has 0 fully saturated rings. The first-order valence-corrected chi connectivity index (χ1v) is 6.59. The largest absolute Gasteiger partial charge is 0.496 e. The van der Waals surface area contributed by atoms with Crippen LogP contribution in [0.15, 0.2) is 23.1 Å². The average molecular weight is 269 g/mol. The molecule has 98 valence electrons. The predicted octanol–water partition coefficient (Wildman–Crippen LogP) is 0.441. The number of nitrogens with zero attached hydrogens (tertiary/aromatic N) is 1. The minimum atomic E-state index is -3.63. The Kier molecular flexibility index (Phi) is 4.73. The summed E-state index contributed by atoms with van der Waals surface area (Å²) in [5, 5.41) is 9.16. The van der Waals surface area contributed by atoms with Crippen molar-refractivity contribution in [3.05, 3.63) is 23.8 Å². The van der Waals surface area contributed by atoms with Gasteiger partial charge in [0.1, 0.15) is 5.75 Å². The Morgan fingerprint density at radius 1 is 1.50 bits per heavy atom. The van der Waals surface area contributed by atoms with Crippen molar-refractivity contribution in [1.82, 2.24) is 4.31 Å². The first kappa shape index (κ1) is 14.5. The van der Waals surface area contributed by atoms with E-state index in [9.17, 15) is 8.42 Å². The number of aliphatic hydroxyl groups is 1. The molecule has 6 heteroatoms. The summed E-state index contributed by atoms with van der Waals surface area (Å²) in [4.78, 5) is 0.0742. The Bertz CT molecular complexity index is 560. The van der Waals surface area contributed by atoms with Gasteiger partial charge in [-0.05, 0) is 18.2 Å². The minimum Gasteiger partial charge on any atom is -0.496 e. The van der Waals surface area contributed by atoms with Gasteiger partial charge in [-0.3, -0.25) is 0 Å². The second kappa shape index (κ2) is 5.87. The highest BCUT2D eigenvalue weighted by Crippen LogP contribution is 2.23. The van der Waals surface area contributed by atoms with Crippen LogP contribution in [-0.2, 0) is 16.6 Å². The van der Waals surface area contributed by atoms with E-state index in [2.05, 4.69) is 5.92 Å². The third kappa shape index (κ3) is 2.82. The first-order chi connectivity index (χ1) is 8.47. The minimum absolute atomic E-state index is 0.0111. The van der Waals surface area contributed by atoms with Crippen LogP contribution in [-0.4, -0.2) is 38.5 Å². The van der Waals surface area contributed by atoms with Crippen molar-refractivity contribution in [3.63, 3.8) is 0 Å². The number of aliphatic hydroxyl groups excluding tert-OH is 1. The molecule has 18 heavy (non-hydrogen) atoms. The van der Waals surface area contributed by atoms with Crippen molar-refractivity contribution in [3.8, 4) is 18.1 Å². The van der Waals surface area contributed by atoms with Gasteiger partial charge in [0.15, 0.2) is 0 Å². The van der Waals surface area contributed by atoms with Gasteiger partial charge in [0.05, 0.1) is 25.2 Å². The summed E-state index contributed by atoms with van der Waals surface area (Å²) in [6, 6.07) is 4.30. The summed E-state index contributed by atoms with van der Waals surface area (Å²) in [5.41, 5.74) is 0.410. The smallest absolute Gasteiger partial charge is 0.243 e. The van der Waals surface area contributed by atoms with Gasteiger partial charge in [-0.15, -0.1) is 6.42 Å². The molecule has 5 nitrogen and oxygen atoms in total. The second-order valence-corrected chi connectivity index (χ2v) is 5.64. The lowest BCUT2D eigenvalue weighted by Crippen LogP contribution is -2.27. The molecule has 1 aromatic carbocycles. The van der Waals surface area contributed by atoms with Crippen molar-refractivity contribution < 1.29 is 18.3 Å². The van der Waals surface area contributed by atoms with Gasteiger partial charge in [0.2, 0.25) is 10.0 Å². The normalized spacial score (nSPS) is 11.3. The maximum Gasteiger partial charge on any atom is 0.243 e. The van der Waals surface area contributed by atoms with Crippen molar-refractivity contribution in [1.29, 1.82) is 0 Å². The second-order valence-electron chi connectivity index (χ2n) is 3.60. The zero-order valence-electron chi connectivity index (χ0n) is 10.3. The van der Waals surface area contributed by atoms with E-state index in [0.717, 1.165) is 4.31 Å². The van der Waals surface area contributed by atoms with E-state index in [4.69, 9.17) is 16.3 Å². The number of sulfonamides is 1. The number of ether oxygens (including phenoxy) is 1. The zero-order chi connectivity index (χ0) is 13.8. The zero-order valence-corrected chi connectivity index (χ0v) is 11.1. The van der Waals surface area contributed by atoms with E-state index in [0.29, 0.717) is 11.3 Å². The Balaban J connectivity index is 3.22. The molecule has 0 saturated heterocycles. The third-order valence-corrected chi connectivity index (χ3v) is 4.24. The van der Waals surface area contributed by atoms with Crippen LogP contribution in [0.3, 0.4) is 0 Å². The fraction of sp³-hybridized carbons (Fsp3) is 0.333. The van der Waals surface area contributed by atoms with Crippen molar-refractivity contribution in [2.75, 3.05) is 20.7 Å². The topological polar surface area (TPSA) is 66.8 Å². The number of hydrogen-bond donors (Lipinski definition) is 1. The third-order valence-electron chi connectivity index (χ3n) is 2.44. The Labute approximate surface area is 107 Å². The Morgan fingerprint density at radius 3 is 2.67 bits per heavy atom. The van der Waals surface area contributed by atoms with Gasteiger partial charge < -0.3 is 9.84 Å². The molecule has 0 amide bonds. The van der Waals surface area contributed by atoms with Crippen LogP contribution in [0.5, 0.6) is 5.75 Å². The molecule has 0 spiro atoms. The molecule has 0 radical (unpaired) electrons. The van der Waals surface area contributed by atoms with Crippen molar-refractivity contribution in [2.24, 2.45) is 0 Å². The molecular weight excluding hydrogens is 254 g/mol. The van der Waals surface area contributed by atoms with Gasteiger partial charge in [-0.2, -0.15) is 4.31 Å². The quantitative estimate of drug-likeness (QED) is 0.788. The standard InChI is InChI=1S/C12H15NO4S/c1-4-7-13(2)18(15,16)11-5-6-12(17-3)10(8-11)9-14/h1,5-6,8,14H,7,9H2,2-3H3.